The summed E-state index contributed by atoms with van der Waals surface area (Å²) >= 11 is 0. The van der Waals surface area contributed by atoms with E-state index in [9.17, 15) is 8.42 Å². The van der Waals surface area contributed by atoms with Gasteiger partial charge in [0.25, 0.3) is 0 Å². The van der Waals surface area contributed by atoms with Crippen LogP contribution in [0.4, 0.5) is 0 Å². The minimum Gasteiger partial charge on any atom is -0.207 e. The highest BCUT2D eigenvalue weighted by Crippen LogP contribution is 2.48. The van der Waals surface area contributed by atoms with Gasteiger partial charge in [0.05, 0.1) is 10.4 Å². The van der Waals surface area contributed by atoms with Gasteiger partial charge in [0, 0.05) is 12.0 Å². The molecular weight excluding hydrogens is 294 g/mol. The first-order valence-electron chi connectivity index (χ1n) is 7.73. The first kappa shape index (κ1) is 15.5. The predicted octanol–water partition coefficient (Wildman–Crippen LogP) is 3.67. The van der Waals surface area contributed by atoms with Crippen LogP contribution < -0.4 is 0 Å². The van der Waals surface area contributed by atoms with Gasteiger partial charge in [-0.15, -0.1) is 0 Å². The second kappa shape index (κ2) is 5.07. The Morgan fingerprint density at radius 1 is 1.23 bits per heavy atom. The topological polar surface area (TPSA) is 37.4 Å². The Morgan fingerprint density at radius 2 is 1.86 bits per heavy atom. The fourth-order valence-electron chi connectivity index (χ4n) is 3.70. The van der Waals surface area contributed by atoms with Crippen molar-refractivity contribution in [3.63, 3.8) is 0 Å². The van der Waals surface area contributed by atoms with Crippen LogP contribution in [0.3, 0.4) is 0 Å². The lowest BCUT2D eigenvalue weighted by atomic mass is 9.85. The number of hydrogen-bond donors (Lipinski definition) is 0. The van der Waals surface area contributed by atoms with Crippen LogP contribution in [-0.2, 0) is 10.0 Å². The van der Waals surface area contributed by atoms with Crippen molar-refractivity contribution in [3.05, 3.63) is 54.1 Å². The number of hydrogen-bond acceptors (Lipinski definition) is 2. The van der Waals surface area contributed by atoms with Crippen LogP contribution in [0, 0.1) is 12.8 Å². The largest absolute Gasteiger partial charge is 0.244 e. The lowest BCUT2D eigenvalue weighted by Crippen LogP contribution is -2.47. The molecule has 1 aromatic carbocycles. The first-order valence-corrected chi connectivity index (χ1v) is 9.17. The molecule has 1 fully saturated rings. The highest BCUT2D eigenvalue weighted by Gasteiger charge is 2.54. The highest BCUT2D eigenvalue weighted by molar-refractivity contribution is 7.89. The molecule has 1 heterocycles. The zero-order chi connectivity index (χ0) is 16.1. The molecule has 0 amide bonds. The van der Waals surface area contributed by atoms with Gasteiger partial charge in [0.2, 0.25) is 10.0 Å². The van der Waals surface area contributed by atoms with Crippen LogP contribution >= 0.6 is 0 Å². The van der Waals surface area contributed by atoms with Crippen LogP contribution in [-0.4, -0.2) is 24.3 Å². The molecular formula is C18H23NO2S. The maximum atomic E-state index is 13.2. The Balaban J connectivity index is 2.10. The molecule has 0 saturated carbocycles. The molecule has 0 unspecified atom stereocenters. The van der Waals surface area contributed by atoms with Gasteiger partial charge in [-0.3, -0.25) is 0 Å². The Kier molecular flexibility index (Phi) is 3.57. The van der Waals surface area contributed by atoms with E-state index in [1.54, 1.807) is 16.4 Å². The lowest BCUT2D eigenvalue weighted by molar-refractivity contribution is 0.243. The van der Waals surface area contributed by atoms with Gasteiger partial charge < -0.3 is 0 Å². The fourth-order valence-corrected chi connectivity index (χ4v) is 5.71. The van der Waals surface area contributed by atoms with E-state index < -0.39 is 15.6 Å². The monoisotopic (exact) mass is 317 g/mol. The van der Waals surface area contributed by atoms with Crippen molar-refractivity contribution in [1.82, 2.24) is 4.31 Å². The molecule has 0 spiro atoms. The minimum atomic E-state index is -3.53. The van der Waals surface area contributed by atoms with E-state index in [4.69, 9.17) is 0 Å². The van der Waals surface area contributed by atoms with Gasteiger partial charge in [0.1, 0.15) is 0 Å². The standard InChI is InChI=1S/C18H23NO2S/c1-13-9-11-15(12-10-13)22(20,21)19-17-8-6-5-7-16(17)14(2)18(19,3)4/h5,7,9-12,16-17H,2,6,8H2,1,3-4H3/t16-,17-/m1/s1. The predicted molar refractivity (Wildman–Crippen MR) is 89.1 cm³/mol. The first-order chi connectivity index (χ1) is 10.3. The molecule has 0 bridgehead atoms. The molecule has 0 radical (unpaired) electrons. The van der Waals surface area contributed by atoms with E-state index in [0.29, 0.717) is 4.90 Å². The smallest absolute Gasteiger partial charge is 0.207 e. The van der Waals surface area contributed by atoms with Crippen LogP contribution in [0.1, 0.15) is 32.3 Å². The number of allylic oxidation sites excluding steroid dienone is 1. The van der Waals surface area contributed by atoms with Gasteiger partial charge in [0.15, 0.2) is 0 Å². The quantitative estimate of drug-likeness (QED) is 0.781. The van der Waals surface area contributed by atoms with E-state index in [1.807, 2.05) is 32.9 Å². The molecule has 1 saturated heterocycles. The van der Waals surface area contributed by atoms with Gasteiger partial charge in [-0.25, -0.2) is 8.42 Å². The van der Waals surface area contributed by atoms with Gasteiger partial charge in [-0.05, 0) is 51.3 Å². The van der Waals surface area contributed by atoms with Crippen LogP contribution in [0.15, 0.2) is 53.5 Å². The number of fused-ring (bicyclic) bond motifs is 1. The van der Waals surface area contributed by atoms with Gasteiger partial charge >= 0.3 is 0 Å². The summed E-state index contributed by atoms with van der Waals surface area (Å²) in [7, 11) is -3.53. The third-order valence-electron chi connectivity index (χ3n) is 5.01. The Morgan fingerprint density at radius 3 is 2.50 bits per heavy atom. The number of nitrogens with zero attached hydrogens (tertiary/aromatic N) is 1. The van der Waals surface area contributed by atoms with Crippen molar-refractivity contribution in [1.29, 1.82) is 0 Å². The summed E-state index contributed by atoms with van der Waals surface area (Å²) in [4.78, 5) is 0.370. The van der Waals surface area contributed by atoms with E-state index in [0.717, 1.165) is 24.0 Å². The maximum Gasteiger partial charge on any atom is 0.244 e. The number of aryl methyl sites for hydroxylation is 1. The van der Waals surface area contributed by atoms with Crippen molar-refractivity contribution in [2.24, 2.45) is 5.92 Å². The third kappa shape index (κ3) is 2.17. The number of rotatable bonds is 2. The van der Waals surface area contributed by atoms with Crippen molar-refractivity contribution in [3.8, 4) is 0 Å². The summed E-state index contributed by atoms with van der Waals surface area (Å²) in [6, 6.07) is 7.09. The molecule has 3 nitrogen and oxygen atoms in total. The molecule has 2 atom stereocenters. The zero-order valence-electron chi connectivity index (χ0n) is 13.4. The molecule has 22 heavy (non-hydrogen) atoms. The average molecular weight is 317 g/mol. The Labute approximate surface area is 133 Å². The van der Waals surface area contributed by atoms with Crippen LogP contribution in [0.25, 0.3) is 0 Å². The van der Waals surface area contributed by atoms with Crippen molar-refractivity contribution in [2.75, 3.05) is 0 Å². The molecule has 0 aromatic heterocycles. The molecule has 3 rings (SSSR count). The maximum absolute atomic E-state index is 13.2. The summed E-state index contributed by atoms with van der Waals surface area (Å²) in [5.74, 6) is 0.129. The Bertz CT molecular complexity index is 729. The average Bonchev–Trinajstić information content (AvgIpc) is 2.67. The third-order valence-corrected chi connectivity index (χ3v) is 7.12. The van der Waals surface area contributed by atoms with E-state index in [-0.39, 0.29) is 12.0 Å². The summed E-state index contributed by atoms with van der Waals surface area (Å²) in [6.45, 7) is 10.1. The summed E-state index contributed by atoms with van der Waals surface area (Å²) in [5.41, 5.74) is 1.49. The second-order valence-electron chi connectivity index (χ2n) is 6.80. The SMILES string of the molecule is C=C1[C@H]2C=CCC[C@H]2N(S(=O)(=O)c2ccc(C)cc2)C1(C)C. The Hall–Kier alpha value is -1.39. The molecule has 0 N–H and O–H groups in total. The molecule has 1 aliphatic carbocycles. The fraction of sp³-hybridized carbons (Fsp3) is 0.444. The van der Waals surface area contributed by atoms with Crippen molar-refractivity contribution in [2.45, 2.75) is 50.1 Å². The highest BCUT2D eigenvalue weighted by atomic mass is 32.2. The lowest BCUT2D eigenvalue weighted by Gasteiger charge is -2.35. The molecule has 2 aliphatic rings. The molecule has 118 valence electrons. The van der Waals surface area contributed by atoms with E-state index >= 15 is 0 Å². The molecule has 1 aromatic rings. The van der Waals surface area contributed by atoms with Crippen molar-refractivity contribution < 1.29 is 8.42 Å². The molecule has 1 aliphatic heterocycles. The van der Waals surface area contributed by atoms with Crippen LogP contribution in [0.5, 0.6) is 0 Å². The zero-order valence-corrected chi connectivity index (χ0v) is 14.2. The van der Waals surface area contributed by atoms with E-state index in [1.165, 1.54) is 0 Å². The van der Waals surface area contributed by atoms with Gasteiger partial charge in [-0.2, -0.15) is 4.31 Å². The normalized spacial score (nSPS) is 27.9. The molecule has 4 heteroatoms. The summed E-state index contributed by atoms with van der Waals surface area (Å²) < 4.78 is 28.1. The number of sulfonamides is 1. The summed E-state index contributed by atoms with van der Waals surface area (Å²) in [6.07, 6.45) is 6.05. The number of benzene rings is 1. The van der Waals surface area contributed by atoms with Gasteiger partial charge in [-0.1, -0.05) is 36.4 Å². The van der Waals surface area contributed by atoms with Crippen LogP contribution in [0.2, 0.25) is 0 Å². The van der Waals surface area contributed by atoms with E-state index in [2.05, 4.69) is 18.7 Å². The summed E-state index contributed by atoms with van der Waals surface area (Å²) in [5, 5.41) is 0. The second-order valence-corrected chi connectivity index (χ2v) is 8.61. The van der Waals surface area contributed by atoms with Crippen molar-refractivity contribution >= 4 is 10.0 Å². The minimum absolute atomic E-state index is 0.0150.